The lowest BCUT2D eigenvalue weighted by Gasteiger charge is -2.27. The van der Waals surface area contributed by atoms with Crippen molar-refractivity contribution in [3.8, 4) is 28.0 Å². The van der Waals surface area contributed by atoms with Crippen LogP contribution >= 0.6 is 34.0 Å². The molecule has 0 amide bonds. The maximum absolute atomic E-state index is 14.1. The number of nitrogens with zero attached hydrogens (tertiary/aromatic N) is 1. The fourth-order valence-electron chi connectivity index (χ4n) is 9.44. The Morgan fingerprint density at radius 1 is 0.508 bits per heavy atom. The number of anilines is 3. The second-order valence-corrected chi connectivity index (χ2v) is 21.2. The van der Waals surface area contributed by atoms with Gasteiger partial charge in [-0.05, 0) is 100 Å². The zero-order chi connectivity index (χ0) is 43.0. The zero-order valence-corrected chi connectivity index (χ0v) is 36.7. The first-order valence-corrected chi connectivity index (χ1v) is 24.1. The van der Waals surface area contributed by atoms with Crippen molar-refractivity contribution in [2.24, 2.45) is 0 Å². The van der Waals surface area contributed by atoms with E-state index in [9.17, 15) is 21.6 Å². The Kier molecular flexibility index (Phi) is 8.32. The Morgan fingerprint density at radius 2 is 1.08 bits per heavy atom. The molecule has 0 saturated heterocycles. The van der Waals surface area contributed by atoms with Crippen molar-refractivity contribution >= 4 is 122 Å². The highest BCUT2D eigenvalue weighted by atomic mass is 32.2. The molecule has 0 spiro atoms. The first kappa shape index (κ1) is 38.4. The molecule has 4 nitrogen and oxygen atoms in total. The van der Waals surface area contributed by atoms with Gasteiger partial charge in [0.2, 0.25) is 0 Å². The van der Waals surface area contributed by atoms with Gasteiger partial charge in [0.25, 0.3) is 0 Å². The molecule has 0 unspecified atom stereocenters. The highest BCUT2D eigenvalue weighted by Crippen LogP contribution is 2.52. The third-order valence-corrected chi connectivity index (χ3v) is 16.9. The number of fused-ring (bicyclic) bond motifs is 12. The number of hydrogen-bond acceptors (Lipinski definition) is 7. The molecular formula is C52H32F3NO3S4. The molecule has 308 valence electrons. The van der Waals surface area contributed by atoms with E-state index in [2.05, 4.69) is 111 Å². The van der Waals surface area contributed by atoms with Gasteiger partial charge in [0.1, 0.15) is 5.75 Å². The minimum atomic E-state index is -6.02. The van der Waals surface area contributed by atoms with Gasteiger partial charge in [-0.3, -0.25) is 0 Å². The summed E-state index contributed by atoms with van der Waals surface area (Å²) in [4.78, 5) is 2.01. The van der Waals surface area contributed by atoms with Crippen LogP contribution in [0.3, 0.4) is 0 Å². The largest absolute Gasteiger partial charge is 0.534 e. The average Bonchev–Trinajstić information content (AvgIpc) is 4.01. The van der Waals surface area contributed by atoms with Crippen molar-refractivity contribution in [2.45, 2.75) is 24.8 Å². The average molecular weight is 904 g/mol. The van der Waals surface area contributed by atoms with Gasteiger partial charge in [0.15, 0.2) is 0 Å². The van der Waals surface area contributed by atoms with E-state index in [0.29, 0.717) is 11.1 Å². The number of thiophene rings is 3. The first-order chi connectivity index (χ1) is 30.3. The molecule has 0 radical (unpaired) electrons. The fourth-order valence-corrected chi connectivity index (χ4v) is 13.3. The molecule has 0 aliphatic heterocycles. The van der Waals surface area contributed by atoms with Crippen molar-refractivity contribution < 1.29 is 25.8 Å². The monoisotopic (exact) mass is 903 g/mol. The quantitative estimate of drug-likeness (QED) is 0.123. The molecule has 1 aliphatic carbocycles. The Hall–Kier alpha value is -6.24. The Labute approximate surface area is 371 Å². The molecule has 0 saturated carbocycles. The molecule has 11 aromatic rings. The predicted octanol–water partition coefficient (Wildman–Crippen LogP) is 16.5. The van der Waals surface area contributed by atoms with E-state index < -0.39 is 21.4 Å². The van der Waals surface area contributed by atoms with Crippen LogP contribution in [0.5, 0.6) is 5.75 Å². The minimum absolute atomic E-state index is 0.157. The van der Waals surface area contributed by atoms with E-state index in [4.69, 9.17) is 4.18 Å². The molecular weight excluding hydrogens is 872 g/mol. The van der Waals surface area contributed by atoms with E-state index in [1.807, 2.05) is 53.4 Å². The van der Waals surface area contributed by atoms with E-state index in [-0.39, 0.29) is 5.41 Å². The SMILES string of the molecule is CC1(C)c2ccccc2-c2cc(-c3ccc4sc5c(N(c6ccc7c(c6)sc6ccccc67)c6ccc7sc8ccccc8c7c6)cc(OS(=O)(=O)C(F)(F)F)cc5c4c3)ccc21. The molecule has 12 rings (SSSR count). The normalized spacial score (nSPS) is 13.7. The molecule has 11 heteroatoms. The molecule has 3 heterocycles. The lowest BCUT2D eigenvalue weighted by Crippen LogP contribution is -2.28. The third-order valence-electron chi connectivity index (χ3n) is 12.4. The van der Waals surface area contributed by atoms with Crippen LogP contribution < -0.4 is 9.08 Å². The van der Waals surface area contributed by atoms with Gasteiger partial charge < -0.3 is 9.08 Å². The second kappa shape index (κ2) is 13.6. The van der Waals surface area contributed by atoms with Gasteiger partial charge in [-0.15, -0.1) is 34.0 Å². The summed E-state index contributed by atoms with van der Waals surface area (Å²) in [6, 6.07) is 52.8. The fraction of sp³-hybridized carbons (Fsp3) is 0.0769. The highest BCUT2D eigenvalue weighted by molar-refractivity contribution is 7.88. The van der Waals surface area contributed by atoms with Crippen LogP contribution in [0.4, 0.5) is 30.2 Å². The molecule has 0 atom stereocenters. The standard InChI is InChI=1S/C52H32F3NO3S4/c1-51(2)42-12-6-3-9-34(42)38-23-29(15-20-43(38)51)30-16-21-48-39(24-30)41-27-33(59-63(57,58)52(53,54)55)28-44(50(41)62-48)56(31-18-22-47-40(25-31)36-11-5-8-14-46(36)60-47)32-17-19-37-35-10-4-7-13-45(35)61-49(37)26-32/h3-28H,1-2H3. The number of rotatable bonds is 6. The zero-order valence-electron chi connectivity index (χ0n) is 33.4. The van der Waals surface area contributed by atoms with Crippen LogP contribution in [0, 0.1) is 0 Å². The maximum atomic E-state index is 14.1. The summed E-state index contributed by atoms with van der Waals surface area (Å²) in [5.41, 5.74) is 2.99. The van der Waals surface area contributed by atoms with E-state index in [1.54, 1.807) is 22.7 Å². The number of benzene rings is 8. The van der Waals surface area contributed by atoms with Gasteiger partial charge in [-0.2, -0.15) is 21.6 Å². The summed E-state index contributed by atoms with van der Waals surface area (Å²) >= 11 is 4.85. The molecule has 0 fully saturated rings. The lowest BCUT2D eigenvalue weighted by atomic mass is 9.82. The second-order valence-electron chi connectivity index (χ2n) is 16.4. The summed E-state index contributed by atoms with van der Waals surface area (Å²) in [7, 11) is -6.02. The summed E-state index contributed by atoms with van der Waals surface area (Å²) in [6.45, 7) is 4.48. The van der Waals surface area contributed by atoms with Crippen molar-refractivity contribution in [3.05, 3.63) is 169 Å². The predicted molar refractivity (Wildman–Crippen MR) is 258 cm³/mol. The van der Waals surface area contributed by atoms with Gasteiger partial charge in [0.05, 0.1) is 10.4 Å². The number of hydrogen-bond donors (Lipinski definition) is 0. The Balaban J connectivity index is 1.11. The van der Waals surface area contributed by atoms with E-state index in [1.165, 1.54) is 45.7 Å². The summed E-state index contributed by atoms with van der Waals surface area (Å²) in [6.07, 6.45) is 0. The number of halogens is 3. The molecule has 1 aliphatic rings. The van der Waals surface area contributed by atoms with Crippen molar-refractivity contribution in [2.75, 3.05) is 4.90 Å². The molecule has 63 heavy (non-hydrogen) atoms. The number of alkyl halides is 3. The van der Waals surface area contributed by atoms with Gasteiger partial charge in [0, 0.05) is 78.7 Å². The minimum Gasteiger partial charge on any atom is -0.376 e. The van der Waals surface area contributed by atoms with Crippen molar-refractivity contribution in [3.63, 3.8) is 0 Å². The van der Waals surface area contributed by atoms with E-state index in [0.717, 1.165) is 77.6 Å². The van der Waals surface area contributed by atoms with Crippen LogP contribution in [0.15, 0.2) is 158 Å². The third kappa shape index (κ3) is 5.94. The van der Waals surface area contributed by atoms with Gasteiger partial charge >= 0.3 is 15.6 Å². The van der Waals surface area contributed by atoms with Crippen molar-refractivity contribution in [1.29, 1.82) is 0 Å². The Bertz CT molecular complexity index is 3840. The summed E-state index contributed by atoms with van der Waals surface area (Å²) in [5.74, 6) is -0.439. The first-order valence-electron chi connectivity index (χ1n) is 20.2. The van der Waals surface area contributed by atoms with Crippen LogP contribution in [-0.2, 0) is 15.5 Å². The molecule has 8 aromatic carbocycles. The van der Waals surface area contributed by atoms with Gasteiger partial charge in [-0.1, -0.05) is 98.8 Å². The summed E-state index contributed by atoms with van der Waals surface area (Å²) in [5, 5.41) is 5.68. The smallest absolute Gasteiger partial charge is 0.376 e. The summed E-state index contributed by atoms with van der Waals surface area (Å²) < 4.78 is 78.8. The van der Waals surface area contributed by atoms with Gasteiger partial charge in [-0.25, -0.2) is 0 Å². The van der Waals surface area contributed by atoms with Crippen LogP contribution in [-0.4, -0.2) is 13.9 Å². The maximum Gasteiger partial charge on any atom is 0.534 e. The van der Waals surface area contributed by atoms with Crippen LogP contribution in [0.1, 0.15) is 25.0 Å². The Morgan fingerprint density at radius 3 is 1.87 bits per heavy atom. The lowest BCUT2D eigenvalue weighted by molar-refractivity contribution is -0.0500. The highest BCUT2D eigenvalue weighted by Gasteiger charge is 2.48. The van der Waals surface area contributed by atoms with Crippen molar-refractivity contribution in [1.82, 2.24) is 0 Å². The topological polar surface area (TPSA) is 46.6 Å². The van der Waals surface area contributed by atoms with Crippen LogP contribution in [0.25, 0.3) is 82.8 Å². The molecule has 0 bridgehead atoms. The van der Waals surface area contributed by atoms with E-state index >= 15 is 0 Å². The molecule has 3 aromatic heterocycles. The van der Waals surface area contributed by atoms with Crippen LogP contribution in [0.2, 0.25) is 0 Å². The molecule has 0 N–H and O–H groups in total.